The number of hydrogen-bond acceptors (Lipinski definition) is 5. The van der Waals surface area contributed by atoms with Gasteiger partial charge in [0.05, 0.1) is 12.7 Å². The van der Waals surface area contributed by atoms with Gasteiger partial charge in [-0.05, 0) is 64.9 Å². The zero-order valence-electron chi connectivity index (χ0n) is 18.6. The molecule has 1 aliphatic heterocycles. The fourth-order valence-electron chi connectivity index (χ4n) is 3.97. The van der Waals surface area contributed by atoms with Crippen LogP contribution in [-0.4, -0.2) is 31.9 Å². The van der Waals surface area contributed by atoms with Crippen LogP contribution in [0.3, 0.4) is 0 Å². The Morgan fingerprint density at radius 2 is 1.65 bits per heavy atom. The first-order valence-electron chi connectivity index (χ1n) is 10.9. The third-order valence-electron chi connectivity index (χ3n) is 5.80. The first kappa shape index (κ1) is 21.5. The van der Waals surface area contributed by atoms with Crippen molar-refractivity contribution in [1.29, 1.82) is 0 Å². The van der Waals surface area contributed by atoms with Crippen LogP contribution in [0.2, 0.25) is 0 Å². The maximum absolute atomic E-state index is 13.2. The normalized spacial score (nSPS) is 13.9. The number of ether oxygens (including phenoxy) is 3. The van der Waals surface area contributed by atoms with Crippen LogP contribution in [0, 0.1) is 0 Å². The molecule has 0 N–H and O–H groups in total. The van der Waals surface area contributed by atoms with Crippen LogP contribution in [0.1, 0.15) is 26.3 Å². The lowest BCUT2D eigenvalue weighted by Crippen LogP contribution is -2.19. The summed E-state index contributed by atoms with van der Waals surface area (Å²) < 4.78 is 16.6. The number of fused-ring (bicyclic) bond motifs is 3. The van der Waals surface area contributed by atoms with E-state index in [1.54, 1.807) is 43.5 Å². The molecule has 5 heteroatoms. The topological polar surface area (TPSA) is 61.8 Å². The Balaban J connectivity index is 1.28. The molecule has 0 spiro atoms. The largest absolute Gasteiger partial charge is 0.497 e. The van der Waals surface area contributed by atoms with E-state index in [0.717, 1.165) is 16.3 Å². The van der Waals surface area contributed by atoms with Crippen LogP contribution < -0.4 is 14.2 Å². The molecule has 0 aliphatic carbocycles. The van der Waals surface area contributed by atoms with Gasteiger partial charge in [0, 0.05) is 11.1 Å². The summed E-state index contributed by atoms with van der Waals surface area (Å²) in [5.74, 6) is 1.74. The Morgan fingerprint density at radius 3 is 2.41 bits per heavy atom. The van der Waals surface area contributed by atoms with Gasteiger partial charge in [-0.25, -0.2) is 0 Å². The molecule has 0 atom stereocenters. The van der Waals surface area contributed by atoms with Gasteiger partial charge in [-0.15, -0.1) is 0 Å². The molecule has 0 saturated carbocycles. The third kappa shape index (κ3) is 4.28. The molecule has 0 saturated heterocycles. The number of Topliss-reactive ketones (excluding diaryl/α,β-unsaturated/α-hetero) is 2. The summed E-state index contributed by atoms with van der Waals surface area (Å²) in [6.45, 7) is 0.155. The molecule has 0 bridgehead atoms. The number of carbonyl (C=O) groups is 2. The van der Waals surface area contributed by atoms with Gasteiger partial charge in [0.25, 0.3) is 0 Å². The van der Waals surface area contributed by atoms with Crippen LogP contribution in [0.4, 0.5) is 0 Å². The molecule has 1 aliphatic rings. The molecular weight excluding hydrogens is 428 g/mol. The summed E-state index contributed by atoms with van der Waals surface area (Å²) in [5, 5.41) is 1.89. The van der Waals surface area contributed by atoms with Crippen molar-refractivity contribution in [1.82, 2.24) is 0 Å². The van der Waals surface area contributed by atoms with Crippen molar-refractivity contribution in [2.45, 2.75) is 0 Å². The third-order valence-corrected chi connectivity index (χ3v) is 5.80. The van der Waals surface area contributed by atoms with E-state index in [4.69, 9.17) is 14.2 Å². The zero-order valence-corrected chi connectivity index (χ0v) is 18.6. The predicted molar refractivity (Wildman–Crippen MR) is 131 cm³/mol. The summed E-state index contributed by atoms with van der Waals surface area (Å²) >= 11 is 0. The monoisotopic (exact) mass is 450 g/mol. The van der Waals surface area contributed by atoms with Crippen LogP contribution in [0.5, 0.6) is 17.2 Å². The second-order valence-electron chi connectivity index (χ2n) is 7.96. The van der Waals surface area contributed by atoms with Crippen LogP contribution >= 0.6 is 0 Å². The fourth-order valence-corrected chi connectivity index (χ4v) is 3.97. The second kappa shape index (κ2) is 9.24. The van der Waals surface area contributed by atoms with Crippen molar-refractivity contribution in [2.75, 3.05) is 20.3 Å². The molecule has 0 aromatic heterocycles. The standard InChI is InChI=1S/C29H22O5/c1-32-23-13-8-21(9-14-23)26(30)18-33-24-11-6-19(7-12-24)16-22-17-34-27-15-10-20-4-2-3-5-25(20)28(27)29(22)31/h2-16H,17-18H2,1H3/b22-16+. The second-order valence-corrected chi connectivity index (χ2v) is 7.96. The maximum Gasteiger partial charge on any atom is 0.200 e. The van der Waals surface area contributed by atoms with Gasteiger partial charge in [-0.2, -0.15) is 0 Å². The highest BCUT2D eigenvalue weighted by Crippen LogP contribution is 2.34. The van der Waals surface area contributed by atoms with Gasteiger partial charge >= 0.3 is 0 Å². The first-order chi connectivity index (χ1) is 16.6. The summed E-state index contributed by atoms with van der Waals surface area (Å²) in [6.07, 6.45) is 1.83. The molecular formula is C29H22O5. The van der Waals surface area contributed by atoms with E-state index in [1.807, 2.05) is 54.6 Å². The minimum Gasteiger partial charge on any atom is -0.497 e. The minimum absolute atomic E-state index is 0.0246. The smallest absolute Gasteiger partial charge is 0.200 e. The SMILES string of the molecule is COc1ccc(C(=O)COc2ccc(/C=C3\COc4ccc5ccccc5c4C3=O)cc2)cc1. The molecule has 0 fully saturated rings. The van der Waals surface area contributed by atoms with Gasteiger partial charge in [0.15, 0.2) is 18.2 Å². The summed E-state index contributed by atoms with van der Waals surface area (Å²) in [4.78, 5) is 25.6. The Labute approximate surface area is 197 Å². The average molecular weight is 450 g/mol. The average Bonchev–Trinajstić information content (AvgIpc) is 2.89. The van der Waals surface area contributed by atoms with Gasteiger partial charge in [-0.3, -0.25) is 9.59 Å². The van der Waals surface area contributed by atoms with Gasteiger partial charge in [-0.1, -0.05) is 42.5 Å². The first-order valence-corrected chi connectivity index (χ1v) is 10.9. The van der Waals surface area contributed by atoms with Crippen molar-refractivity contribution in [3.05, 3.63) is 107 Å². The van der Waals surface area contributed by atoms with E-state index in [1.165, 1.54) is 0 Å². The van der Waals surface area contributed by atoms with E-state index in [2.05, 4.69) is 0 Å². The molecule has 0 unspecified atom stereocenters. The number of benzene rings is 4. The van der Waals surface area contributed by atoms with Crippen LogP contribution in [-0.2, 0) is 0 Å². The Kier molecular flexibility index (Phi) is 5.83. The molecule has 1 heterocycles. The highest BCUT2D eigenvalue weighted by atomic mass is 16.5. The summed E-state index contributed by atoms with van der Waals surface area (Å²) in [7, 11) is 1.58. The highest BCUT2D eigenvalue weighted by Gasteiger charge is 2.25. The molecule has 4 aromatic carbocycles. The zero-order chi connectivity index (χ0) is 23.5. The number of rotatable bonds is 6. The van der Waals surface area contributed by atoms with Crippen molar-refractivity contribution in [3.63, 3.8) is 0 Å². The summed E-state index contributed by atoms with van der Waals surface area (Å²) in [5.41, 5.74) is 2.61. The molecule has 34 heavy (non-hydrogen) atoms. The number of carbonyl (C=O) groups excluding carboxylic acids is 2. The summed E-state index contributed by atoms with van der Waals surface area (Å²) in [6, 6.07) is 25.8. The van der Waals surface area contributed by atoms with Crippen molar-refractivity contribution < 1.29 is 23.8 Å². The molecule has 4 aromatic rings. The maximum atomic E-state index is 13.2. The quantitative estimate of drug-likeness (QED) is 0.276. The minimum atomic E-state index is -0.121. The lowest BCUT2D eigenvalue weighted by molar-refractivity contribution is 0.0921. The number of methoxy groups -OCH3 is 1. The van der Waals surface area contributed by atoms with E-state index < -0.39 is 0 Å². The van der Waals surface area contributed by atoms with Crippen molar-refractivity contribution in [3.8, 4) is 17.2 Å². The Morgan fingerprint density at radius 1 is 0.912 bits per heavy atom. The molecule has 0 amide bonds. The lowest BCUT2D eigenvalue weighted by Gasteiger charge is -2.20. The fraction of sp³-hybridized carbons (Fsp3) is 0.103. The van der Waals surface area contributed by atoms with Gasteiger partial charge < -0.3 is 14.2 Å². The molecule has 0 radical (unpaired) electrons. The Bertz CT molecular complexity index is 1400. The van der Waals surface area contributed by atoms with E-state index in [0.29, 0.717) is 33.9 Å². The molecule has 5 nitrogen and oxygen atoms in total. The van der Waals surface area contributed by atoms with Crippen molar-refractivity contribution >= 4 is 28.4 Å². The number of ketones is 2. The van der Waals surface area contributed by atoms with Crippen molar-refractivity contribution in [2.24, 2.45) is 0 Å². The van der Waals surface area contributed by atoms with E-state index in [-0.39, 0.29) is 24.8 Å². The van der Waals surface area contributed by atoms with E-state index >= 15 is 0 Å². The van der Waals surface area contributed by atoms with Gasteiger partial charge in [0.1, 0.15) is 23.9 Å². The predicted octanol–water partition coefficient (Wildman–Crippen LogP) is 5.77. The Hall–Kier alpha value is -4.38. The lowest BCUT2D eigenvalue weighted by atomic mass is 9.93. The molecule has 5 rings (SSSR count). The van der Waals surface area contributed by atoms with Crippen LogP contribution in [0.25, 0.3) is 16.8 Å². The van der Waals surface area contributed by atoms with E-state index in [9.17, 15) is 9.59 Å². The number of hydrogen-bond donors (Lipinski definition) is 0. The highest BCUT2D eigenvalue weighted by molar-refractivity contribution is 6.20. The molecule has 168 valence electrons. The van der Waals surface area contributed by atoms with Gasteiger partial charge in [0.2, 0.25) is 0 Å². The van der Waals surface area contributed by atoms with Crippen LogP contribution in [0.15, 0.2) is 90.5 Å².